The van der Waals surface area contributed by atoms with E-state index in [2.05, 4.69) is 70.7 Å². The minimum absolute atomic E-state index is 0.636. The summed E-state index contributed by atoms with van der Waals surface area (Å²) in [6, 6.07) is 9.36. The summed E-state index contributed by atoms with van der Waals surface area (Å²) in [5.41, 5.74) is 2.63. The molecule has 0 aliphatic carbocycles. The molecule has 0 saturated carbocycles. The standard InChI is InChI=1S/C19H33N5/c1-5-24-11-7-10-18(24)14-22-19(20-2)21-13-16-8-6-9-17(12-16)15-23(3)4/h6,8-9,12,18H,5,7,10-11,13-15H2,1-4H3,(H2,20,21,22). The highest BCUT2D eigenvalue weighted by atomic mass is 15.2. The average molecular weight is 332 g/mol. The Morgan fingerprint density at radius 3 is 2.79 bits per heavy atom. The quantitative estimate of drug-likeness (QED) is 0.592. The zero-order valence-corrected chi connectivity index (χ0v) is 15.7. The van der Waals surface area contributed by atoms with Crippen molar-refractivity contribution in [2.24, 2.45) is 4.99 Å². The summed E-state index contributed by atoms with van der Waals surface area (Å²) in [4.78, 5) is 9.09. The third kappa shape index (κ3) is 5.80. The smallest absolute Gasteiger partial charge is 0.191 e. The van der Waals surface area contributed by atoms with E-state index < -0.39 is 0 Å². The van der Waals surface area contributed by atoms with Crippen LogP contribution in [0.5, 0.6) is 0 Å². The van der Waals surface area contributed by atoms with Crippen LogP contribution in [0.3, 0.4) is 0 Å². The first-order valence-corrected chi connectivity index (χ1v) is 9.03. The molecule has 5 nitrogen and oxygen atoms in total. The topological polar surface area (TPSA) is 42.9 Å². The minimum atomic E-state index is 0.636. The van der Waals surface area contributed by atoms with Crippen LogP contribution < -0.4 is 10.6 Å². The maximum atomic E-state index is 4.35. The van der Waals surface area contributed by atoms with E-state index in [1.165, 1.54) is 30.5 Å². The summed E-state index contributed by atoms with van der Waals surface area (Å²) >= 11 is 0. The number of guanidine groups is 1. The molecule has 1 aliphatic heterocycles. The molecule has 24 heavy (non-hydrogen) atoms. The Bertz CT molecular complexity index is 526. The molecule has 0 amide bonds. The van der Waals surface area contributed by atoms with Gasteiger partial charge in [-0.15, -0.1) is 0 Å². The van der Waals surface area contributed by atoms with Gasteiger partial charge in [-0.05, 0) is 51.2 Å². The van der Waals surface area contributed by atoms with Gasteiger partial charge in [0.2, 0.25) is 0 Å². The lowest BCUT2D eigenvalue weighted by atomic mass is 10.1. The van der Waals surface area contributed by atoms with Crippen LogP contribution in [-0.4, -0.2) is 62.6 Å². The van der Waals surface area contributed by atoms with Gasteiger partial charge in [0.1, 0.15) is 0 Å². The number of aliphatic imine (C=N–C) groups is 1. The van der Waals surface area contributed by atoms with E-state index in [0.29, 0.717) is 6.04 Å². The SMILES string of the molecule is CCN1CCCC1CNC(=NC)NCc1cccc(CN(C)C)c1. The van der Waals surface area contributed by atoms with Crippen molar-refractivity contribution in [1.29, 1.82) is 0 Å². The Labute approximate surface area is 147 Å². The van der Waals surface area contributed by atoms with Crippen LogP contribution >= 0.6 is 0 Å². The van der Waals surface area contributed by atoms with Crippen molar-refractivity contribution < 1.29 is 0 Å². The molecule has 2 rings (SSSR count). The van der Waals surface area contributed by atoms with Crippen molar-refractivity contribution in [1.82, 2.24) is 20.4 Å². The lowest BCUT2D eigenvalue weighted by Crippen LogP contribution is -2.44. The predicted octanol–water partition coefficient (Wildman–Crippen LogP) is 1.90. The third-order valence-electron chi connectivity index (χ3n) is 4.58. The second-order valence-electron chi connectivity index (χ2n) is 6.79. The second-order valence-corrected chi connectivity index (χ2v) is 6.79. The van der Waals surface area contributed by atoms with E-state index in [9.17, 15) is 0 Å². The molecule has 0 bridgehead atoms. The van der Waals surface area contributed by atoms with E-state index in [1.54, 1.807) is 0 Å². The van der Waals surface area contributed by atoms with Gasteiger partial charge in [-0.3, -0.25) is 9.89 Å². The van der Waals surface area contributed by atoms with Crippen molar-refractivity contribution in [3.05, 3.63) is 35.4 Å². The first-order chi connectivity index (χ1) is 11.6. The molecule has 1 aromatic carbocycles. The zero-order valence-electron chi connectivity index (χ0n) is 15.7. The largest absolute Gasteiger partial charge is 0.355 e. The number of rotatable bonds is 7. The Morgan fingerprint density at radius 2 is 2.08 bits per heavy atom. The van der Waals surface area contributed by atoms with Gasteiger partial charge in [0.25, 0.3) is 0 Å². The molecular weight excluding hydrogens is 298 g/mol. The van der Waals surface area contributed by atoms with Gasteiger partial charge in [-0.2, -0.15) is 0 Å². The monoisotopic (exact) mass is 331 g/mol. The fourth-order valence-corrected chi connectivity index (χ4v) is 3.37. The van der Waals surface area contributed by atoms with Gasteiger partial charge in [-0.1, -0.05) is 31.2 Å². The van der Waals surface area contributed by atoms with Crippen LogP contribution in [0.15, 0.2) is 29.3 Å². The summed E-state index contributed by atoms with van der Waals surface area (Å²) in [6.07, 6.45) is 2.59. The van der Waals surface area contributed by atoms with Gasteiger partial charge in [0, 0.05) is 32.7 Å². The van der Waals surface area contributed by atoms with Gasteiger partial charge < -0.3 is 15.5 Å². The molecule has 0 radical (unpaired) electrons. The zero-order chi connectivity index (χ0) is 17.4. The highest BCUT2D eigenvalue weighted by Gasteiger charge is 2.22. The number of hydrogen-bond acceptors (Lipinski definition) is 3. The summed E-state index contributed by atoms with van der Waals surface area (Å²) in [5, 5.41) is 6.91. The van der Waals surface area contributed by atoms with Gasteiger partial charge >= 0.3 is 0 Å². The average Bonchev–Trinajstić information content (AvgIpc) is 3.02. The molecular formula is C19H33N5. The molecule has 5 heteroatoms. The van der Waals surface area contributed by atoms with Crippen LogP contribution in [0.25, 0.3) is 0 Å². The fraction of sp³-hybridized carbons (Fsp3) is 0.632. The normalized spacial score (nSPS) is 19.0. The lowest BCUT2D eigenvalue weighted by molar-refractivity contribution is 0.267. The summed E-state index contributed by atoms with van der Waals surface area (Å²) in [5.74, 6) is 0.885. The number of likely N-dealkylation sites (tertiary alicyclic amines) is 1. The van der Waals surface area contributed by atoms with Crippen LogP contribution in [0.1, 0.15) is 30.9 Å². The molecule has 1 unspecified atom stereocenters. The summed E-state index contributed by atoms with van der Waals surface area (Å²) in [7, 11) is 6.03. The molecule has 1 heterocycles. The second kappa shape index (κ2) is 9.64. The maximum Gasteiger partial charge on any atom is 0.191 e. The van der Waals surface area contributed by atoms with E-state index in [0.717, 1.165) is 32.1 Å². The first-order valence-electron chi connectivity index (χ1n) is 9.03. The molecule has 1 aromatic rings. The molecule has 2 N–H and O–H groups in total. The Morgan fingerprint density at radius 1 is 1.29 bits per heavy atom. The molecule has 1 atom stereocenters. The van der Waals surface area contributed by atoms with Crippen LogP contribution in [-0.2, 0) is 13.1 Å². The number of nitrogens with one attached hydrogen (secondary N) is 2. The fourth-order valence-electron chi connectivity index (χ4n) is 3.37. The van der Waals surface area contributed by atoms with Crippen molar-refractivity contribution in [2.45, 2.75) is 38.9 Å². The highest BCUT2D eigenvalue weighted by molar-refractivity contribution is 5.79. The molecule has 1 saturated heterocycles. The first kappa shape index (κ1) is 18.7. The maximum absolute atomic E-state index is 4.35. The van der Waals surface area contributed by atoms with Crippen molar-refractivity contribution in [3.63, 3.8) is 0 Å². The van der Waals surface area contributed by atoms with E-state index in [1.807, 2.05) is 7.05 Å². The predicted molar refractivity (Wildman–Crippen MR) is 102 cm³/mol. The molecule has 0 spiro atoms. The Kier molecular flexibility index (Phi) is 7.53. The van der Waals surface area contributed by atoms with Crippen LogP contribution in [0, 0.1) is 0 Å². The van der Waals surface area contributed by atoms with Crippen molar-refractivity contribution in [3.8, 4) is 0 Å². The molecule has 0 aromatic heterocycles. The third-order valence-corrected chi connectivity index (χ3v) is 4.58. The van der Waals surface area contributed by atoms with Crippen LogP contribution in [0.2, 0.25) is 0 Å². The van der Waals surface area contributed by atoms with E-state index >= 15 is 0 Å². The number of benzene rings is 1. The van der Waals surface area contributed by atoms with Gasteiger partial charge in [-0.25, -0.2) is 0 Å². The Balaban J connectivity index is 1.81. The molecule has 1 aliphatic rings. The highest BCUT2D eigenvalue weighted by Crippen LogP contribution is 2.15. The van der Waals surface area contributed by atoms with E-state index in [-0.39, 0.29) is 0 Å². The van der Waals surface area contributed by atoms with Crippen LogP contribution in [0.4, 0.5) is 0 Å². The van der Waals surface area contributed by atoms with Crippen molar-refractivity contribution in [2.75, 3.05) is 40.8 Å². The van der Waals surface area contributed by atoms with Gasteiger partial charge in [0.05, 0.1) is 0 Å². The van der Waals surface area contributed by atoms with Gasteiger partial charge in [0.15, 0.2) is 5.96 Å². The summed E-state index contributed by atoms with van der Waals surface area (Å²) < 4.78 is 0. The summed E-state index contributed by atoms with van der Waals surface area (Å²) in [6.45, 7) is 7.34. The van der Waals surface area contributed by atoms with Crippen molar-refractivity contribution >= 4 is 5.96 Å². The molecule has 134 valence electrons. The molecule has 1 fully saturated rings. The number of likely N-dealkylation sites (N-methyl/N-ethyl adjacent to an activating group) is 1. The number of nitrogens with zero attached hydrogens (tertiary/aromatic N) is 3. The Hall–Kier alpha value is -1.59. The minimum Gasteiger partial charge on any atom is -0.355 e. The number of hydrogen-bond donors (Lipinski definition) is 2. The van der Waals surface area contributed by atoms with E-state index in [4.69, 9.17) is 0 Å². The lowest BCUT2D eigenvalue weighted by Gasteiger charge is -2.24.